The molecule has 1 atom stereocenters. The van der Waals surface area contributed by atoms with Crippen LogP contribution in [0.4, 0.5) is 4.79 Å². The number of hydrogen-bond donors (Lipinski definition) is 4. The Balaban J connectivity index is 1.16. The standard InChI is InChI=1S/C38H42N8O4/c1-5-16-45(32(47)21-40-37(49)50-4)22-31-41-29-13-9-25-18-23(7-11-27(25)34(29)43-31)24-8-12-28-26(19-24)10-14-30-35(28)44-36(42-30)38(2)15-6-17-46(38)33(48)20-39-3/h7-14,18-19,39H,5-6,15-17,20-22H2,1-4H3,(H,40,49)(H,41,43)(H,42,44)/t38-/m0/s1. The number of rotatable bonds is 10. The molecule has 0 bridgehead atoms. The average molecular weight is 675 g/mol. The summed E-state index contributed by atoms with van der Waals surface area (Å²) in [5.74, 6) is 1.39. The lowest BCUT2D eigenvalue weighted by Crippen LogP contribution is -2.46. The minimum atomic E-state index is -0.641. The smallest absolute Gasteiger partial charge is 0.407 e. The largest absolute Gasteiger partial charge is 0.453 e. The number of alkyl carbamates (subject to hydrolysis) is 1. The van der Waals surface area contributed by atoms with E-state index in [2.05, 4.69) is 86.9 Å². The van der Waals surface area contributed by atoms with Gasteiger partial charge < -0.3 is 35.1 Å². The maximum Gasteiger partial charge on any atom is 0.407 e. The molecule has 50 heavy (non-hydrogen) atoms. The summed E-state index contributed by atoms with van der Waals surface area (Å²) in [7, 11) is 3.06. The summed E-state index contributed by atoms with van der Waals surface area (Å²) < 4.78 is 4.59. The van der Waals surface area contributed by atoms with Crippen LogP contribution in [0.25, 0.3) is 54.7 Å². The predicted octanol–water partition coefficient (Wildman–Crippen LogP) is 5.56. The third-order valence-electron chi connectivity index (χ3n) is 9.85. The Labute approximate surface area is 289 Å². The molecule has 1 aliphatic heterocycles. The molecule has 1 fully saturated rings. The highest BCUT2D eigenvalue weighted by Gasteiger charge is 2.43. The second-order valence-corrected chi connectivity index (χ2v) is 13.2. The normalized spacial score (nSPS) is 16.1. The minimum Gasteiger partial charge on any atom is -0.453 e. The van der Waals surface area contributed by atoms with E-state index in [1.807, 2.05) is 17.9 Å². The molecule has 0 unspecified atom stereocenters. The van der Waals surface area contributed by atoms with E-state index in [9.17, 15) is 14.4 Å². The molecule has 2 aromatic heterocycles. The summed E-state index contributed by atoms with van der Waals surface area (Å²) >= 11 is 0. The van der Waals surface area contributed by atoms with Gasteiger partial charge in [0.2, 0.25) is 11.8 Å². The Morgan fingerprint density at radius 2 is 1.58 bits per heavy atom. The Bertz CT molecular complexity index is 2260. The number of ether oxygens (including phenoxy) is 1. The number of aromatic amines is 2. The lowest BCUT2D eigenvalue weighted by atomic mass is 9.97. The summed E-state index contributed by atoms with van der Waals surface area (Å²) in [6.07, 6.45) is 1.95. The van der Waals surface area contributed by atoms with Crippen molar-refractivity contribution >= 4 is 61.5 Å². The Morgan fingerprint density at radius 3 is 2.22 bits per heavy atom. The average Bonchev–Trinajstić information content (AvgIpc) is 3.87. The van der Waals surface area contributed by atoms with Gasteiger partial charge in [-0.25, -0.2) is 14.8 Å². The molecule has 1 saturated heterocycles. The number of imidazole rings is 2. The lowest BCUT2D eigenvalue weighted by molar-refractivity contribution is -0.134. The maximum atomic E-state index is 12.9. The first-order valence-corrected chi connectivity index (χ1v) is 17.1. The number of carbonyl (C=O) groups excluding carboxylic acids is 3. The molecule has 1 aliphatic rings. The summed E-state index contributed by atoms with van der Waals surface area (Å²) in [6.45, 7) is 5.85. The lowest BCUT2D eigenvalue weighted by Gasteiger charge is -2.33. The molecule has 0 saturated carbocycles. The van der Waals surface area contributed by atoms with Crippen molar-refractivity contribution in [3.63, 3.8) is 0 Å². The van der Waals surface area contributed by atoms with Crippen LogP contribution in [0.2, 0.25) is 0 Å². The fourth-order valence-electron chi connectivity index (χ4n) is 7.27. The van der Waals surface area contributed by atoms with E-state index >= 15 is 0 Å². The van der Waals surface area contributed by atoms with Crippen molar-refractivity contribution in [2.75, 3.05) is 40.3 Å². The van der Waals surface area contributed by atoms with E-state index in [4.69, 9.17) is 9.97 Å². The Hall–Kier alpha value is -5.49. The second-order valence-electron chi connectivity index (χ2n) is 13.2. The van der Waals surface area contributed by atoms with Gasteiger partial charge >= 0.3 is 6.09 Å². The summed E-state index contributed by atoms with van der Waals surface area (Å²) in [5.41, 5.74) is 5.32. The van der Waals surface area contributed by atoms with E-state index in [1.54, 1.807) is 11.9 Å². The first-order valence-electron chi connectivity index (χ1n) is 17.1. The molecule has 0 aliphatic carbocycles. The number of H-pyrrole nitrogens is 2. The summed E-state index contributed by atoms with van der Waals surface area (Å²) in [5, 5.41) is 9.69. The van der Waals surface area contributed by atoms with E-state index < -0.39 is 11.6 Å². The number of methoxy groups -OCH3 is 1. The van der Waals surface area contributed by atoms with Crippen molar-refractivity contribution in [3.05, 3.63) is 72.3 Å². The number of benzene rings is 4. The van der Waals surface area contributed by atoms with Gasteiger partial charge in [-0.15, -0.1) is 0 Å². The van der Waals surface area contributed by atoms with Crippen molar-refractivity contribution in [1.82, 2.24) is 40.4 Å². The predicted molar refractivity (Wildman–Crippen MR) is 195 cm³/mol. The van der Waals surface area contributed by atoms with Crippen molar-refractivity contribution < 1.29 is 19.1 Å². The molecule has 12 nitrogen and oxygen atoms in total. The van der Waals surface area contributed by atoms with Gasteiger partial charge in [-0.2, -0.15) is 0 Å². The fourth-order valence-corrected chi connectivity index (χ4v) is 7.27. The van der Waals surface area contributed by atoms with E-state index in [1.165, 1.54) is 7.11 Å². The van der Waals surface area contributed by atoms with Gasteiger partial charge in [-0.05, 0) is 79.4 Å². The number of likely N-dealkylation sites (tertiary alicyclic amines) is 1. The van der Waals surface area contributed by atoms with E-state index in [-0.39, 0.29) is 18.4 Å². The van der Waals surface area contributed by atoms with Crippen LogP contribution in [0, 0.1) is 0 Å². The Kier molecular flexibility index (Phi) is 8.87. The van der Waals surface area contributed by atoms with Crippen LogP contribution in [0.15, 0.2) is 60.7 Å². The van der Waals surface area contributed by atoms with Gasteiger partial charge in [0.25, 0.3) is 0 Å². The van der Waals surface area contributed by atoms with Gasteiger partial charge in [0.1, 0.15) is 18.2 Å². The van der Waals surface area contributed by atoms with Crippen LogP contribution in [0.3, 0.4) is 0 Å². The molecule has 12 heteroatoms. The molecular weight excluding hydrogens is 632 g/mol. The summed E-state index contributed by atoms with van der Waals surface area (Å²) in [6, 6.07) is 21.2. The molecule has 3 amide bonds. The number of likely N-dealkylation sites (N-methyl/N-ethyl adjacent to an activating group) is 1. The summed E-state index contributed by atoms with van der Waals surface area (Å²) in [4.78, 5) is 57.7. The van der Waals surface area contributed by atoms with Gasteiger partial charge in [-0.1, -0.05) is 43.3 Å². The molecule has 0 radical (unpaired) electrons. The highest BCUT2D eigenvalue weighted by atomic mass is 16.5. The molecule has 6 aromatic rings. The molecular formula is C38H42N8O4. The number of carbonyl (C=O) groups is 3. The first-order chi connectivity index (χ1) is 24.2. The molecule has 0 spiro atoms. The van der Waals surface area contributed by atoms with Crippen LogP contribution >= 0.6 is 0 Å². The molecule has 3 heterocycles. The minimum absolute atomic E-state index is 0.0863. The number of aromatic nitrogens is 4. The number of nitrogens with one attached hydrogen (secondary N) is 4. The quantitative estimate of drug-likeness (QED) is 0.149. The van der Waals surface area contributed by atoms with Crippen molar-refractivity contribution in [2.24, 2.45) is 0 Å². The topological polar surface area (TPSA) is 148 Å². The van der Waals surface area contributed by atoms with Crippen LogP contribution in [0.1, 0.15) is 44.8 Å². The van der Waals surface area contributed by atoms with Crippen molar-refractivity contribution in [2.45, 2.75) is 45.2 Å². The number of hydrogen-bond acceptors (Lipinski definition) is 7. The molecule has 258 valence electrons. The zero-order valence-electron chi connectivity index (χ0n) is 28.9. The molecule has 4 N–H and O–H groups in total. The van der Waals surface area contributed by atoms with Crippen molar-refractivity contribution in [3.8, 4) is 11.1 Å². The van der Waals surface area contributed by atoms with Gasteiger partial charge in [-0.3, -0.25) is 9.59 Å². The van der Waals surface area contributed by atoms with Crippen LogP contribution in [0.5, 0.6) is 0 Å². The van der Waals surface area contributed by atoms with Crippen LogP contribution in [-0.4, -0.2) is 88.0 Å². The highest BCUT2D eigenvalue weighted by Crippen LogP contribution is 2.39. The highest BCUT2D eigenvalue weighted by molar-refractivity contribution is 6.07. The first kappa shape index (κ1) is 33.0. The van der Waals surface area contributed by atoms with Gasteiger partial charge in [0.15, 0.2) is 0 Å². The number of nitrogens with zero attached hydrogens (tertiary/aromatic N) is 4. The van der Waals surface area contributed by atoms with Gasteiger partial charge in [0.05, 0.1) is 47.8 Å². The molecule has 4 aromatic carbocycles. The number of amides is 3. The number of fused-ring (bicyclic) bond motifs is 6. The fraction of sp³-hybridized carbons (Fsp3) is 0.342. The van der Waals surface area contributed by atoms with Crippen molar-refractivity contribution in [1.29, 1.82) is 0 Å². The van der Waals surface area contributed by atoms with Crippen LogP contribution < -0.4 is 10.6 Å². The van der Waals surface area contributed by atoms with Crippen LogP contribution in [-0.2, 0) is 26.4 Å². The van der Waals surface area contributed by atoms with Gasteiger partial charge in [0, 0.05) is 23.9 Å². The zero-order valence-corrected chi connectivity index (χ0v) is 28.9. The monoisotopic (exact) mass is 674 g/mol. The third kappa shape index (κ3) is 6.00. The van der Waals surface area contributed by atoms with E-state index in [0.29, 0.717) is 25.5 Å². The SMILES string of the molecule is CCCN(Cc1nc2c(ccc3cc(-c4ccc5c(ccc6[nH]c([C@]7(C)CCCN7C(=O)CNC)nc65)c4)ccc32)[nH]1)C(=O)CNC(=O)OC. The molecule has 7 rings (SSSR count). The maximum absolute atomic E-state index is 12.9. The Morgan fingerprint density at radius 1 is 0.920 bits per heavy atom. The third-order valence-corrected chi connectivity index (χ3v) is 9.85. The zero-order chi connectivity index (χ0) is 35.0. The van der Waals surface area contributed by atoms with E-state index in [0.717, 1.165) is 86.4 Å². The second kappa shape index (κ2) is 13.4.